The second-order valence-electron chi connectivity index (χ2n) is 4.32. The van der Waals surface area contributed by atoms with E-state index in [4.69, 9.17) is 4.74 Å². The lowest BCUT2D eigenvalue weighted by atomic mass is 9.87. The first-order valence-electron chi connectivity index (χ1n) is 5.02. The summed E-state index contributed by atoms with van der Waals surface area (Å²) in [6.07, 6.45) is 2.47. The number of rotatable bonds is 6. The quantitative estimate of drug-likeness (QED) is 0.645. The van der Waals surface area contributed by atoms with Gasteiger partial charge in [0.15, 0.2) is 0 Å². The van der Waals surface area contributed by atoms with Crippen LogP contribution >= 0.6 is 0 Å². The smallest absolute Gasteiger partial charge is 0.0676 e. The van der Waals surface area contributed by atoms with Crippen LogP contribution in [0.1, 0.15) is 26.7 Å². The second-order valence-corrected chi connectivity index (χ2v) is 4.32. The van der Waals surface area contributed by atoms with Gasteiger partial charge in [0.2, 0.25) is 0 Å². The molecule has 0 radical (unpaired) electrons. The molecule has 1 aliphatic rings. The summed E-state index contributed by atoms with van der Waals surface area (Å²) in [5.41, 5.74) is -0.240. The molecule has 78 valence electrons. The van der Waals surface area contributed by atoms with E-state index in [1.54, 1.807) is 7.11 Å². The third-order valence-electron chi connectivity index (χ3n) is 2.86. The molecule has 0 aromatic heterocycles. The van der Waals surface area contributed by atoms with Crippen molar-refractivity contribution in [3.63, 3.8) is 0 Å². The Labute approximate surface area is 80.5 Å². The van der Waals surface area contributed by atoms with Crippen molar-refractivity contribution in [2.24, 2.45) is 5.92 Å². The fourth-order valence-electron chi connectivity index (χ4n) is 1.54. The monoisotopic (exact) mass is 187 g/mol. The van der Waals surface area contributed by atoms with Crippen LogP contribution in [0.25, 0.3) is 0 Å². The number of hydrogen-bond donors (Lipinski definition) is 2. The van der Waals surface area contributed by atoms with E-state index in [-0.39, 0.29) is 12.1 Å². The van der Waals surface area contributed by atoms with Crippen molar-refractivity contribution in [3.05, 3.63) is 0 Å². The Kier molecular flexibility index (Phi) is 3.71. The molecule has 0 heterocycles. The van der Waals surface area contributed by atoms with Gasteiger partial charge in [-0.05, 0) is 18.8 Å². The van der Waals surface area contributed by atoms with Gasteiger partial charge in [-0.15, -0.1) is 0 Å². The molecule has 1 rings (SSSR count). The summed E-state index contributed by atoms with van der Waals surface area (Å²) in [7, 11) is 1.68. The van der Waals surface area contributed by atoms with Gasteiger partial charge >= 0.3 is 0 Å². The SMILES string of the molecule is COCC(CO)(NC1CC1)C(C)C. The second kappa shape index (κ2) is 4.40. The maximum Gasteiger partial charge on any atom is 0.0676 e. The van der Waals surface area contributed by atoms with Crippen LogP contribution in [0.5, 0.6) is 0 Å². The van der Waals surface area contributed by atoms with Gasteiger partial charge in [0, 0.05) is 13.2 Å². The molecule has 0 aliphatic heterocycles. The molecular formula is C10H21NO2. The van der Waals surface area contributed by atoms with E-state index in [0.29, 0.717) is 18.6 Å². The van der Waals surface area contributed by atoms with Crippen molar-refractivity contribution in [2.75, 3.05) is 20.3 Å². The Bertz CT molecular complexity index is 157. The highest BCUT2D eigenvalue weighted by molar-refractivity contribution is 4.97. The third kappa shape index (κ3) is 2.66. The van der Waals surface area contributed by atoms with Crippen LogP contribution < -0.4 is 5.32 Å². The van der Waals surface area contributed by atoms with Gasteiger partial charge in [-0.1, -0.05) is 13.8 Å². The summed E-state index contributed by atoms with van der Waals surface area (Å²) >= 11 is 0. The zero-order chi connectivity index (χ0) is 9.90. The number of aliphatic hydroxyl groups is 1. The molecule has 2 N–H and O–H groups in total. The van der Waals surface area contributed by atoms with Crippen LogP contribution in [0.4, 0.5) is 0 Å². The molecule has 3 nitrogen and oxygen atoms in total. The lowest BCUT2D eigenvalue weighted by Crippen LogP contribution is -2.57. The molecule has 1 aliphatic carbocycles. The van der Waals surface area contributed by atoms with E-state index in [1.165, 1.54) is 12.8 Å². The zero-order valence-electron chi connectivity index (χ0n) is 8.84. The number of nitrogens with one attached hydrogen (secondary N) is 1. The Morgan fingerprint density at radius 2 is 2.15 bits per heavy atom. The molecule has 0 amide bonds. The van der Waals surface area contributed by atoms with Crippen molar-refractivity contribution in [3.8, 4) is 0 Å². The maximum absolute atomic E-state index is 9.41. The van der Waals surface area contributed by atoms with Gasteiger partial charge in [-0.2, -0.15) is 0 Å². The van der Waals surface area contributed by atoms with Gasteiger partial charge in [-0.3, -0.25) is 0 Å². The minimum atomic E-state index is -0.240. The molecule has 1 unspecified atom stereocenters. The molecule has 0 saturated heterocycles. The first-order chi connectivity index (χ1) is 6.14. The van der Waals surface area contributed by atoms with E-state index in [9.17, 15) is 5.11 Å². The van der Waals surface area contributed by atoms with Crippen molar-refractivity contribution >= 4 is 0 Å². The lowest BCUT2D eigenvalue weighted by molar-refractivity contribution is 0.0318. The van der Waals surface area contributed by atoms with Gasteiger partial charge in [0.05, 0.1) is 18.8 Å². The van der Waals surface area contributed by atoms with E-state index in [2.05, 4.69) is 19.2 Å². The molecule has 1 saturated carbocycles. The minimum Gasteiger partial charge on any atom is -0.394 e. The highest BCUT2D eigenvalue weighted by atomic mass is 16.5. The van der Waals surface area contributed by atoms with Crippen LogP contribution in [0.2, 0.25) is 0 Å². The molecule has 3 heteroatoms. The van der Waals surface area contributed by atoms with Gasteiger partial charge in [0.25, 0.3) is 0 Å². The van der Waals surface area contributed by atoms with Crippen LogP contribution in [0.15, 0.2) is 0 Å². The van der Waals surface area contributed by atoms with Gasteiger partial charge in [0.1, 0.15) is 0 Å². The Balaban J connectivity index is 2.55. The normalized spacial score (nSPS) is 21.9. The molecular weight excluding hydrogens is 166 g/mol. The predicted molar refractivity (Wildman–Crippen MR) is 52.7 cm³/mol. The maximum atomic E-state index is 9.41. The van der Waals surface area contributed by atoms with Crippen LogP contribution in [-0.2, 0) is 4.74 Å². The number of ether oxygens (including phenoxy) is 1. The van der Waals surface area contributed by atoms with Crippen molar-refractivity contribution in [1.29, 1.82) is 0 Å². The summed E-state index contributed by atoms with van der Waals surface area (Å²) in [6.45, 7) is 4.96. The van der Waals surface area contributed by atoms with E-state index in [0.717, 1.165) is 0 Å². The summed E-state index contributed by atoms with van der Waals surface area (Å²) in [5.74, 6) is 0.387. The van der Waals surface area contributed by atoms with Crippen LogP contribution in [0.3, 0.4) is 0 Å². The van der Waals surface area contributed by atoms with E-state index in [1.807, 2.05) is 0 Å². The summed E-state index contributed by atoms with van der Waals surface area (Å²) in [6, 6.07) is 0.602. The standard InChI is InChI=1S/C10H21NO2/c1-8(2)10(6-12,7-13-3)11-9-4-5-9/h8-9,11-12H,4-7H2,1-3H3. The van der Waals surface area contributed by atoms with Crippen molar-refractivity contribution in [2.45, 2.75) is 38.3 Å². The molecule has 1 atom stereocenters. The average Bonchev–Trinajstić information content (AvgIpc) is 2.87. The Morgan fingerprint density at radius 1 is 1.54 bits per heavy atom. The lowest BCUT2D eigenvalue weighted by Gasteiger charge is -2.36. The minimum absolute atomic E-state index is 0.148. The highest BCUT2D eigenvalue weighted by Crippen LogP contribution is 2.26. The Hall–Kier alpha value is -0.120. The van der Waals surface area contributed by atoms with Crippen LogP contribution in [-0.4, -0.2) is 37.0 Å². The fraction of sp³-hybridized carbons (Fsp3) is 1.00. The molecule has 1 fully saturated rings. The molecule has 0 aromatic rings. The molecule has 0 spiro atoms. The Morgan fingerprint density at radius 3 is 2.46 bits per heavy atom. The first-order valence-corrected chi connectivity index (χ1v) is 5.02. The van der Waals surface area contributed by atoms with Crippen molar-refractivity contribution in [1.82, 2.24) is 5.32 Å². The number of aliphatic hydroxyl groups excluding tert-OH is 1. The molecule has 0 bridgehead atoms. The predicted octanol–water partition coefficient (Wildman–Crippen LogP) is 0.772. The highest BCUT2D eigenvalue weighted by Gasteiger charge is 2.38. The van der Waals surface area contributed by atoms with Crippen LogP contribution in [0, 0.1) is 5.92 Å². The summed E-state index contributed by atoms with van der Waals surface area (Å²) in [4.78, 5) is 0. The fourth-order valence-corrected chi connectivity index (χ4v) is 1.54. The topological polar surface area (TPSA) is 41.5 Å². The largest absolute Gasteiger partial charge is 0.394 e. The van der Waals surface area contributed by atoms with Crippen molar-refractivity contribution < 1.29 is 9.84 Å². The van der Waals surface area contributed by atoms with Gasteiger partial charge < -0.3 is 15.2 Å². The zero-order valence-corrected chi connectivity index (χ0v) is 8.84. The first kappa shape index (κ1) is 11.0. The molecule has 0 aromatic carbocycles. The third-order valence-corrected chi connectivity index (χ3v) is 2.86. The molecule has 13 heavy (non-hydrogen) atoms. The van der Waals surface area contributed by atoms with Gasteiger partial charge in [-0.25, -0.2) is 0 Å². The average molecular weight is 187 g/mol. The number of methoxy groups -OCH3 is 1. The van der Waals surface area contributed by atoms with E-state index >= 15 is 0 Å². The summed E-state index contributed by atoms with van der Waals surface area (Å²) < 4.78 is 5.17. The summed E-state index contributed by atoms with van der Waals surface area (Å²) in [5, 5.41) is 12.9. The number of hydrogen-bond acceptors (Lipinski definition) is 3. The van der Waals surface area contributed by atoms with E-state index < -0.39 is 0 Å².